The highest BCUT2D eigenvalue weighted by Crippen LogP contribution is 2.20. The van der Waals surface area contributed by atoms with Gasteiger partial charge in [-0.1, -0.05) is 18.9 Å². The molecule has 2 aromatic rings. The van der Waals surface area contributed by atoms with Crippen molar-refractivity contribution in [3.8, 4) is 5.75 Å². The molecule has 2 aliphatic heterocycles. The quantitative estimate of drug-likeness (QED) is 0.781. The first-order chi connectivity index (χ1) is 14.7. The number of piperazine rings is 1. The molecule has 2 aromatic heterocycles. The smallest absolute Gasteiger partial charge is 0.227 e. The van der Waals surface area contributed by atoms with Gasteiger partial charge in [0.05, 0.1) is 13.1 Å². The predicted octanol–water partition coefficient (Wildman–Crippen LogP) is 2.43. The van der Waals surface area contributed by atoms with Crippen molar-refractivity contribution in [2.24, 2.45) is 0 Å². The van der Waals surface area contributed by atoms with E-state index in [0.29, 0.717) is 24.6 Å². The molecule has 2 saturated heterocycles. The summed E-state index contributed by atoms with van der Waals surface area (Å²) in [4.78, 5) is 23.5. The van der Waals surface area contributed by atoms with Crippen molar-refractivity contribution in [1.82, 2.24) is 19.7 Å². The molecular weight excluding hydrogens is 380 g/mol. The normalized spacial score (nSPS) is 19.6. The molecule has 0 spiro atoms. The van der Waals surface area contributed by atoms with Crippen LogP contribution in [0.3, 0.4) is 0 Å². The lowest BCUT2D eigenvalue weighted by atomic mass is 10.2. The molecule has 0 radical (unpaired) electrons. The van der Waals surface area contributed by atoms with Crippen LogP contribution in [0.5, 0.6) is 5.75 Å². The summed E-state index contributed by atoms with van der Waals surface area (Å²) in [6, 6.07) is 5.52. The molecule has 4 rings (SSSR count). The Morgan fingerprint density at radius 2 is 1.57 bits per heavy atom. The summed E-state index contributed by atoms with van der Waals surface area (Å²) in [7, 11) is 0. The first-order valence-electron chi connectivity index (χ1n) is 11.1. The number of hydrogen-bond donors (Lipinski definition) is 1. The van der Waals surface area contributed by atoms with Gasteiger partial charge in [-0.25, -0.2) is 0 Å². The first kappa shape index (κ1) is 21.0. The van der Waals surface area contributed by atoms with Crippen molar-refractivity contribution in [3.63, 3.8) is 0 Å². The van der Waals surface area contributed by atoms with Gasteiger partial charge < -0.3 is 9.52 Å². The van der Waals surface area contributed by atoms with E-state index in [2.05, 4.69) is 25.8 Å². The Bertz CT molecular complexity index is 854. The highest BCUT2D eigenvalue weighted by Gasteiger charge is 2.21. The van der Waals surface area contributed by atoms with Crippen LogP contribution >= 0.6 is 0 Å². The number of pyridine rings is 1. The average Bonchev–Trinajstić information content (AvgIpc) is 3.02. The minimum Gasteiger partial charge on any atom is -0.502 e. The SMILES string of the molecule is O=c1cc(CN2CCCCCC2)oc(CN2CCN(Cc3cccnc3)CC2)c1O. The molecule has 4 heterocycles. The molecule has 0 atom stereocenters. The molecule has 0 aliphatic carbocycles. The van der Waals surface area contributed by atoms with E-state index in [9.17, 15) is 9.90 Å². The molecule has 0 unspecified atom stereocenters. The van der Waals surface area contributed by atoms with Gasteiger partial charge in [0.2, 0.25) is 11.2 Å². The Labute approximate surface area is 177 Å². The van der Waals surface area contributed by atoms with E-state index < -0.39 is 0 Å². The van der Waals surface area contributed by atoms with Crippen LogP contribution in [0.4, 0.5) is 0 Å². The van der Waals surface area contributed by atoms with Gasteiger partial charge in [0, 0.05) is 51.2 Å². The molecule has 1 N–H and O–H groups in total. The Kier molecular flexibility index (Phi) is 7.15. The van der Waals surface area contributed by atoms with Gasteiger partial charge in [-0.05, 0) is 37.6 Å². The van der Waals surface area contributed by atoms with Crippen molar-refractivity contribution in [3.05, 3.63) is 57.9 Å². The molecule has 2 aliphatic rings. The van der Waals surface area contributed by atoms with E-state index in [0.717, 1.165) is 45.8 Å². The lowest BCUT2D eigenvalue weighted by molar-refractivity contribution is 0.112. The molecule has 30 heavy (non-hydrogen) atoms. The molecule has 0 amide bonds. The van der Waals surface area contributed by atoms with Crippen LogP contribution in [0.1, 0.15) is 42.8 Å². The van der Waals surface area contributed by atoms with E-state index >= 15 is 0 Å². The van der Waals surface area contributed by atoms with Gasteiger partial charge >= 0.3 is 0 Å². The molecule has 0 aromatic carbocycles. The summed E-state index contributed by atoms with van der Waals surface area (Å²) in [6.45, 7) is 7.71. The van der Waals surface area contributed by atoms with Crippen LogP contribution in [0.2, 0.25) is 0 Å². The zero-order chi connectivity index (χ0) is 20.8. The summed E-state index contributed by atoms with van der Waals surface area (Å²) in [5, 5.41) is 10.3. The summed E-state index contributed by atoms with van der Waals surface area (Å²) < 4.78 is 6.00. The van der Waals surface area contributed by atoms with E-state index in [4.69, 9.17) is 4.42 Å². The lowest BCUT2D eigenvalue weighted by Gasteiger charge is -2.34. The van der Waals surface area contributed by atoms with Crippen molar-refractivity contribution in [2.45, 2.75) is 45.3 Å². The molecule has 162 valence electrons. The van der Waals surface area contributed by atoms with Gasteiger partial charge in [0.15, 0.2) is 5.76 Å². The van der Waals surface area contributed by atoms with E-state index in [1.165, 1.54) is 37.3 Å². The second-order valence-electron chi connectivity index (χ2n) is 8.45. The Hall–Kier alpha value is -2.22. The largest absolute Gasteiger partial charge is 0.502 e. The predicted molar refractivity (Wildman–Crippen MR) is 115 cm³/mol. The highest BCUT2D eigenvalue weighted by molar-refractivity contribution is 5.25. The zero-order valence-corrected chi connectivity index (χ0v) is 17.6. The maximum absolute atomic E-state index is 12.3. The lowest BCUT2D eigenvalue weighted by Crippen LogP contribution is -2.45. The third-order valence-corrected chi connectivity index (χ3v) is 6.08. The molecule has 0 bridgehead atoms. The van der Waals surface area contributed by atoms with E-state index in [-0.39, 0.29) is 11.2 Å². The third kappa shape index (κ3) is 5.68. The Morgan fingerprint density at radius 1 is 0.900 bits per heavy atom. The van der Waals surface area contributed by atoms with Gasteiger partial charge in [-0.15, -0.1) is 0 Å². The number of rotatable bonds is 6. The van der Waals surface area contributed by atoms with Gasteiger partial charge in [-0.3, -0.25) is 24.5 Å². The minimum absolute atomic E-state index is 0.243. The third-order valence-electron chi connectivity index (χ3n) is 6.08. The first-order valence-corrected chi connectivity index (χ1v) is 11.1. The topological polar surface area (TPSA) is 73.1 Å². The van der Waals surface area contributed by atoms with Gasteiger partial charge in [-0.2, -0.15) is 0 Å². The van der Waals surface area contributed by atoms with Gasteiger partial charge in [0.25, 0.3) is 0 Å². The number of nitrogens with zero attached hydrogens (tertiary/aromatic N) is 4. The van der Waals surface area contributed by atoms with Crippen LogP contribution in [0.15, 0.2) is 39.8 Å². The Balaban J connectivity index is 1.35. The summed E-state index contributed by atoms with van der Waals surface area (Å²) >= 11 is 0. The fourth-order valence-electron chi connectivity index (χ4n) is 4.35. The highest BCUT2D eigenvalue weighted by atomic mass is 16.4. The van der Waals surface area contributed by atoms with Gasteiger partial charge in [0.1, 0.15) is 5.76 Å². The van der Waals surface area contributed by atoms with E-state index in [1.54, 1.807) is 6.20 Å². The summed E-state index contributed by atoms with van der Waals surface area (Å²) in [5.41, 5.74) is 0.882. The van der Waals surface area contributed by atoms with Crippen molar-refractivity contribution < 1.29 is 9.52 Å². The number of aromatic hydroxyl groups is 1. The van der Waals surface area contributed by atoms with Crippen LogP contribution in [-0.2, 0) is 19.6 Å². The van der Waals surface area contributed by atoms with Crippen LogP contribution in [0, 0.1) is 0 Å². The monoisotopic (exact) mass is 412 g/mol. The fraction of sp³-hybridized carbons (Fsp3) is 0.565. The molecule has 0 saturated carbocycles. The number of likely N-dealkylation sites (tertiary alicyclic amines) is 1. The van der Waals surface area contributed by atoms with Crippen molar-refractivity contribution in [2.75, 3.05) is 39.3 Å². The Morgan fingerprint density at radius 3 is 2.23 bits per heavy atom. The maximum Gasteiger partial charge on any atom is 0.227 e. The standard InChI is InChI=1S/C23H32N4O3/c28-21-14-20(17-25-8-3-1-2-4-9-25)30-22(23(21)29)18-27-12-10-26(11-13-27)16-19-6-5-7-24-15-19/h5-7,14-15,29H,1-4,8-13,16-18H2. The maximum atomic E-state index is 12.3. The van der Waals surface area contributed by atoms with Crippen LogP contribution in [-0.4, -0.2) is 64.1 Å². The molecule has 7 nitrogen and oxygen atoms in total. The van der Waals surface area contributed by atoms with Crippen LogP contribution < -0.4 is 5.43 Å². The van der Waals surface area contributed by atoms with Crippen molar-refractivity contribution >= 4 is 0 Å². The van der Waals surface area contributed by atoms with E-state index in [1.807, 2.05) is 12.3 Å². The molecule has 7 heteroatoms. The molecule has 2 fully saturated rings. The number of hydrogen-bond acceptors (Lipinski definition) is 7. The second kappa shape index (κ2) is 10.2. The van der Waals surface area contributed by atoms with Crippen molar-refractivity contribution in [1.29, 1.82) is 0 Å². The minimum atomic E-state index is -0.337. The average molecular weight is 413 g/mol. The summed E-state index contributed by atoms with van der Waals surface area (Å²) in [5.74, 6) is 0.811. The molecular formula is C23H32N4O3. The number of aromatic nitrogens is 1. The summed E-state index contributed by atoms with van der Waals surface area (Å²) in [6.07, 6.45) is 8.64. The second-order valence-corrected chi connectivity index (χ2v) is 8.45. The zero-order valence-electron chi connectivity index (χ0n) is 17.6. The fourth-order valence-corrected chi connectivity index (χ4v) is 4.35. The van der Waals surface area contributed by atoms with Crippen LogP contribution in [0.25, 0.3) is 0 Å².